The molecule has 1 N–H and O–H groups in total. The van der Waals surface area contributed by atoms with Gasteiger partial charge in [0.25, 0.3) is 0 Å². The standard InChI is InChI=1S/C15H18O6/c1-15(8-7-13(16)17)20-10-12(21-15)9-19-14(18)11-5-3-2-4-6-11/h2-6,12H,7-10H2,1H3,(H,16,17). The summed E-state index contributed by atoms with van der Waals surface area (Å²) in [6.45, 7) is 2.05. The highest BCUT2D eigenvalue weighted by Gasteiger charge is 2.37. The van der Waals surface area contributed by atoms with Crippen LogP contribution in [-0.2, 0) is 19.0 Å². The number of esters is 1. The smallest absolute Gasteiger partial charge is 0.338 e. The quantitative estimate of drug-likeness (QED) is 0.806. The molecule has 0 aliphatic carbocycles. The van der Waals surface area contributed by atoms with Crippen molar-refractivity contribution in [1.82, 2.24) is 0 Å². The summed E-state index contributed by atoms with van der Waals surface area (Å²) >= 11 is 0. The Balaban J connectivity index is 1.78. The number of benzene rings is 1. The fourth-order valence-corrected chi connectivity index (χ4v) is 2.06. The molecule has 2 rings (SSSR count). The molecule has 114 valence electrons. The van der Waals surface area contributed by atoms with Gasteiger partial charge in [-0.25, -0.2) is 4.79 Å². The van der Waals surface area contributed by atoms with Crippen molar-refractivity contribution in [1.29, 1.82) is 0 Å². The van der Waals surface area contributed by atoms with Crippen LogP contribution in [0.1, 0.15) is 30.1 Å². The van der Waals surface area contributed by atoms with Crippen LogP contribution in [-0.4, -0.2) is 42.1 Å². The second-order valence-corrected chi connectivity index (χ2v) is 5.04. The molecule has 1 saturated heterocycles. The van der Waals surface area contributed by atoms with E-state index in [2.05, 4.69) is 0 Å². The van der Waals surface area contributed by atoms with Crippen LogP contribution in [0.4, 0.5) is 0 Å². The van der Waals surface area contributed by atoms with Gasteiger partial charge in [-0.2, -0.15) is 0 Å². The number of rotatable bonds is 6. The van der Waals surface area contributed by atoms with E-state index in [1.54, 1.807) is 31.2 Å². The maximum absolute atomic E-state index is 11.8. The van der Waals surface area contributed by atoms with E-state index in [0.717, 1.165) is 0 Å². The Hall–Kier alpha value is -1.92. The molecule has 6 heteroatoms. The van der Waals surface area contributed by atoms with Crippen molar-refractivity contribution in [3.05, 3.63) is 35.9 Å². The Kier molecular flexibility index (Phi) is 4.93. The first-order valence-electron chi connectivity index (χ1n) is 6.74. The van der Waals surface area contributed by atoms with Gasteiger partial charge in [-0.05, 0) is 19.1 Å². The summed E-state index contributed by atoms with van der Waals surface area (Å²) in [7, 11) is 0. The number of hydrogen-bond donors (Lipinski definition) is 1. The lowest BCUT2D eigenvalue weighted by Gasteiger charge is -2.22. The highest BCUT2D eigenvalue weighted by Crippen LogP contribution is 2.28. The van der Waals surface area contributed by atoms with Crippen molar-refractivity contribution in [2.45, 2.75) is 31.7 Å². The van der Waals surface area contributed by atoms with E-state index in [4.69, 9.17) is 19.3 Å². The Bertz CT molecular complexity index is 500. The molecule has 0 spiro atoms. The lowest BCUT2D eigenvalue weighted by Crippen LogP contribution is -2.29. The summed E-state index contributed by atoms with van der Waals surface area (Å²) in [4.78, 5) is 22.4. The maximum atomic E-state index is 11.8. The number of ether oxygens (including phenoxy) is 3. The Morgan fingerprint density at radius 3 is 2.76 bits per heavy atom. The van der Waals surface area contributed by atoms with Gasteiger partial charge in [0, 0.05) is 6.42 Å². The monoisotopic (exact) mass is 294 g/mol. The molecule has 2 atom stereocenters. The molecule has 0 amide bonds. The molecule has 21 heavy (non-hydrogen) atoms. The van der Waals surface area contributed by atoms with Crippen LogP contribution in [0.5, 0.6) is 0 Å². The Labute approximate surface area is 122 Å². The first-order valence-corrected chi connectivity index (χ1v) is 6.74. The topological polar surface area (TPSA) is 82.1 Å². The van der Waals surface area contributed by atoms with Gasteiger partial charge in [0.1, 0.15) is 12.7 Å². The minimum atomic E-state index is -0.928. The zero-order valence-electron chi connectivity index (χ0n) is 11.8. The molecule has 0 bridgehead atoms. The lowest BCUT2D eigenvalue weighted by molar-refractivity contribution is -0.168. The minimum Gasteiger partial charge on any atom is -0.481 e. The fourth-order valence-electron chi connectivity index (χ4n) is 2.06. The number of hydrogen-bond acceptors (Lipinski definition) is 5. The second kappa shape index (κ2) is 6.69. The summed E-state index contributed by atoms with van der Waals surface area (Å²) in [6, 6.07) is 8.68. The van der Waals surface area contributed by atoms with E-state index in [-0.39, 0.29) is 32.2 Å². The maximum Gasteiger partial charge on any atom is 0.338 e. The summed E-state index contributed by atoms with van der Waals surface area (Å²) in [5.41, 5.74) is 0.477. The number of carboxylic acid groups (broad SMARTS) is 1. The molecule has 1 heterocycles. The lowest BCUT2D eigenvalue weighted by atomic mass is 10.2. The van der Waals surface area contributed by atoms with E-state index < -0.39 is 17.7 Å². The highest BCUT2D eigenvalue weighted by atomic mass is 16.7. The molecule has 1 aromatic rings. The van der Waals surface area contributed by atoms with Crippen molar-refractivity contribution in [2.75, 3.05) is 13.2 Å². The number of carbonyl (C=O) groups excluding carboxylic acids is 1. The van der Waals surface area contributed by atoms with Gasteiger partial charge in [-0.1, -0.05) is 18.2 Å². The molecule has 1 fully saturated rings. The Morgan fingerprint density at radius 2 is 2.10 bits per heavy atom. The molecule has 2 unspecified atom stereocenters. The average molecular weight is 294 g/mol. The zero-order chi connectivity index (χ0) is 15.3. The SMILES string of the molecule is CC1(CCC(=O)O)OCC(COC(=O)c2ccccc2)O1. The zero-order valence-corrected chi connectivity index (χ0v) is 11.8. The average Bonchev–Trinajstić information content (AvgIpc) is 2.86. The van der Waals surface area contributed by atoms with E-state index in [9.17, 15) is 9.59 Å². The number of aliphatic carboxylic acids is 1. The third-order valence-electron chi connectivity index (χ3n) is 3.19. The van der Waals surface area contributed by atoms with E-state index in [1.165, 1.54) is 0 Å². The van der Waals surface area contributed by atoms with Crippen molar-refractivity contribution in [3.8, 4) is 0 Å². The van der Waals surface area contributed by atoms with Crippen LogP contribution in [0.2, 0.25) is 0 Å². The number of carbonyl (C=O) groups is 2. The molecule has 0 aromatic heterocycles. The normalized spacial score (nSPS) is 24.7. The van der Waals surface area contributed by atoms with Crippen LogP contribution in [0.25, 0.3) is 0 Å². The largest absolute Gasteiger partial charge is 0.481 e. The number of carboxylic acids is 1. The first kappa shape index (κ1) is 15.5. The molecule has 1 aliphatic rings. The van der Waals surface area contributed by atoms with Gasteiger partial charge in [-0.3, -0.25) is 4.79 Å². The third kappa shape index (κ3) is 4.54. The third-order valence-corrected chi connectivity index (χ3v) is 3.19. The molecule has 1 aromatic carbocycles. The minimum absolute atomic E-state index is 0.0347. The predicted octanol–water partition coefficient (Wildman–Crippen LogP) is 1.84. The van der Waals surface area contributed by atoms with Gasteiger partial charge in [-0.15, -0.1) is 0 Å². The van der Waals surface area contributed by atoms with Crippen LogP contribution in [0.3, 0.4) is 0 Å². The van der Waals surface area contributed by atoms with Crippen molar-refractivity contribution in [3.63, 3.8) is 0 Å². The fraction of sp³-hybridized carbons (Fsp3) is 0.467. The van der Waals surface area contributed by atoms with E-state index >= 15 is 0 Å². The van der Waals surface area contributed by atoms with Gasteiger partial charge in [0.15, 0.2) is 5.79 Å². The van der Waals surface area contributed by atoms with Crippen molar-refractivity contribution < 1.29 is 28.9 Å². The van der Waals surface area contributed by atoms with Gasteiger partial charge >= 0.3 is 11.9 Å². The molecular weight excluding hydrogens is 276 g/mol. The molecule has 6 nitrogen and oxygen atoms in total. The molecular formula is C15H18O6. The van der Waals surface area contributed by atoms with E-state index in [0.29, 0.717) is 5.56 Å². The van der Waals surface area contributed by atoms with Crippen molar-refractivity contribution in [2.24, 2.45) is 0 Å². The summed E-state index contributed by atoms with van der Waals surface area (Å²) < 4.78 is 16.3. The van der Waals surface area contributed by atoms with Crippen LogP contribution < -0.4 is 0 Å². The van der Waals surface area contributed by atoms with Gasteiger partial charge in [0.05, 0.1) is 18.6 Å². The van der Waals surface area contributed by atoms with Crippen LogP contribution in [0, 0.1) is 0 Å². The molecule has 0 radical (unpaired) electrons. The van der Waals surface area contributed by atoms with Crippen LogP contribution in [0.15, 0.2) is 30.3 Å². The van der Waals surface area contributed by atoms with Gasteiger partial charge < -0.3 is 19.3 Å². The molecule has 0 saturated carbocycles. The molecule has 1 aliphatic heterocycles. The summed E-state index contributed by atoms with van der Waals surface area (Å²) in [5.74, 6) is -2.25. The predicted molar refractivity (Wildman–Crippen MR) is 72.8 cm³/mol. The Morgan fingerprint density at radius 1 is 1.38 bits per heavy atom. The first-order chi connectivity index (χ1) is 9.98. The van der Waals surface area contributed by atoms with Crippen LogP contribution >= 0.6 is 0 Å². The second-order valence-electron chi connectivity index (χ2n) is 5.04. The van der Waals surface area contributed by atoms with Crippen molar-refractivity contribution >= 4 is 11.9 Å². The summed E-state index contributed by atoms with van der Waals surface area (Å²) in [6.07, 6.45) is -0.158. The highest BCUT2D eigenvalue weighted by molar-refractivity contribution is 5.89. The summed E-state index contributed by atoms with van der Waals surface area (Å²) in [5, 5.41) is 8.68. The van der Waals surface area contributed by atoms with Gasteiger partial charge in [0.2, 0.25) is 0 Å². The van der Waals surface area contributed by atoms with E-state index in [1.807, 2.05) is 6.07 Å².